The van der Waals surface area contributed by atoms with E-state index in [-0.39, 0.29) is 24.0 Å². The fraction of sp³-hybridized carbons (Fsp3) is 0.286. The summed E-state index contributed by atoms with van der Waals surface area (Å²) >= 11 is 0. The van der Waals surface area contributed by atoms with Crippen LogP contribution in [0.5, 0.6) is 0 Å². The molecule has 0 atom stereocenters. The number of benzene rings is 2. The Balaban J connectivity index is 1.74. The number of hydrogen-bond acceptors (Lipinski definition) is 3. The fourth-order valence-electron chi connectivity index (χ4n) is 2.99. The van der Waals surface area contributed by atoms with Gasteiger partial charge in [0.1, 0.15) is 18.2 Å². The first-order valence-corrected chi connectivity index (χ1v) is 9.33. The van der Waals surface area contributed by atoms with Crippen LogP contribution in [0.25, 0.3) is 11.0 Å². The van der Waals surface area contributed by atoms with Crippen molar-refractivity contribution in [2.45, 2.75) is 32.7 Å². The highest BCUT2D eigenvalue weighted by atomic mass is 19.1. The summed E-state index contributed by atoms with van der Waals surface area (Å²) in [5.74, 6) is -0.0274. The molecular weight excluding hydrogens is 359 g/mol. The molecule has 0 saturated heterocycles. The number of amides is 2. The van der Waals surface area contributed by atoms with Crippen LogP contribution >= 0.6 is 0 Å². The number of aromatic nitrogens is 2. The molecule has 0 fully saturated rings. The van der Waals surface area contributed by atoms with Crippen molar-refractivity contribution in [1.82, 2.24) is 14.9 Å². The highest BCUT2D eigenvalue weighted by molar-refractivity contribution is 5.91. The van der Waals surface area contributed by atoms with Crippen molar-refractivity contribution in [2.24, 2.45) is 0 Å². The van der Waals surface area contributed by atoms with Crippen molar-refractivity contribution in [3.05, 3.63) is 60.2 Å². The predicted molar refractivity (Wildman–Crippen MR) is 106 cm³/mol. The standard InChI is InChI=1S/C21H23FN4O2/c1-2-20(27)23-13-7-12-19-24-17-10-5-6-11-18(17)26(19)14-21(28)25-16-9-4-3-8-15(16)22/h3-6,8-11H,2,7,12-14H2,1H3,(H,23,27)(H,25,28). The van der Waals surface area contributed by atoms with Crippen molar-refractivity contribution in [1.29, 1.82) is 0 Å². The van der Waals surface area contributed by atoms with Crippen LogP contribution in [0.4, 0.5) is 10.1 Å². The second-order valence-electron chi connectivity index (χ2n) is 6.44. The highest BCUT2D eigenvalue weighted by Gasteiger charge is 2.14. The Labute approximate surface area is 162 Å². The molecule has 0 aliphatic carbocycles. The van der Waals surface area contributed by atoms with Crippen molar-refractivity contribution in [3.8, 4) is 0 Å². The summed E-state index contributed by atoms with van der Waals surface area (Å²) in [5, 5.41) is 5.45. The van der Waals surface area contributed by atoms with Crippen molar-refractivity contribution in [3.63, 3.8) is 0 Å². The van der Waals surface area contributed by atoms with E-state index in [1.54, 1.807) is 12.1 Å². The number of imidazole rings is 1. The van der Waals surface area contributed by atoms with E-state index < -0.39 is 5.82 Å². The lowest BCUT2D eigenvalue weighted by Gasteiger charge is -2.11. The zero-order valence-electron chi connectivity index (χ0n) is 15.7. The molecule has 1 aromatic heterocycles. The van der Waals surface area contributed by atoms with E-state index in [1.807, 2.05) is 35.8 Å². The monoisotopic (exact) mass is 382 g/mol. The summed E-state index contributed by atoms with van der Waals surface area (Å²) in [5.41, 5.74) is 1.80. The average molecular weight is 382 g/mol. The lowest BCUT2D eigenvalue weighted by atomic mass is 10.2. The quantitative estimate of drug-likeness (QED) is 0.587. The van der Waals surface area contributed by atoms with Gasteiger partial charge in [0.2, 0.25) is 11.8 Å². The third kappa shape index (κ3) is 4.73. The Morgan fingerprint density at radius 2 is 1.82 bits per heavy atom. The summed E-state index contributed by atoms with van der Waals surface area (Å²) in [6.45, 7) is 2.39. The molecule has 3 aromatic rings. The molecule has 28 heavy (non-hydrogen) atoms. The third-order valence-electron chi connectivity index (χ3n) is 4.40. The van der Waals surface area contributed by atoms with Crippen LogP contribution in [0.3, 0.4) is 0 Å². The maximum absolute atomic E-state index is 13.8. The van der Waals surface area contributed by atoms with E-state index in [2.05, 4.69) is 15.6 Å². The zero-order chi connectivity index (χ0) is 19.9. The molecule has 146 valence electrons. The Morgan fingerprint density at radius 3 is 2.61 bits per heavy atom. The first-order valence-electron chi connectivity index (χ1n) is 9.33. The molecule has 0 saturated carbocycles. The van der Waals surface area contributed by atoms with Crippen molar-refractivity contribution >= 4 is 28.5 Å². The lowest BCUT2D eigenvalue weighted by Crippen LogP contribution is -2.24. The van der Waals surface area contributed by atoms with Gasteiger partial charge in [-0.05, 0) is 30.7 Å². The van der Waals surface area contributed by atoms with E-state index in [1.165, 1.54) is 12.1 Å². The first kappa shape index (κ1) is 19.5. The number of carbonyl (C=O) groups excluding carboxylic acids is 2. The van der Waals surface area contributed by atoms with Gasteiger partial charge in [-0.25, -0.2) is 9.37 Å². The molecule has 2 N–H and O–H groups in total. The van der Waals surface area contributed by atoms with E-state index in [0.717, 1.165) is 16.9 Å². The van der Waals surface area contributed by atoms with Crippen LogP contribution in [-0.2, 0) is 22.6 Å². The molecular formula is C21H23FN4O2. The van der Waals surface area contributed by atoms with E-state index in [0.29, 0.717) is 25.8 Å². The Hall–Kier alpha value is -3.22. The molecule has 6 nitrogen and oxygen atoms in total. The lowest BCUT2D eigenvalue weighted by molar-refractivity contribution is -0.120. The number of rotatable bonds is 8. The zero-order valence-corrected chi connectivity index (χ0v) is 15.7. The summed E-state index contributed by atoms with van der Waals surface area (Å²) in [4.78, 5) is 28.5. The molecule has 2 amide bonds. The molecule has 1 heterocycles. The molecule has 0 radical (unpaired) electrons. The van der Waals surface area contributed by atoms with Gasteiger partial charge in [0, 0.05) is 19.4 Å². The minimum Gasteiger partial charge on any atom is -0.356 e. The number of nitrogens with zero attached hydrogens (tertiary/aromatic N) is 2. The van der Waals surface area contributed by atoms with Gasteiger partial charge in [-0.3, -0.25) is 9.59 Å². The Bertz CT molecular complexity index is 983. The second-order valence-corrected chi connectivity index (χ2v) is 6.44. The normalized spacial score (nSPS) is 10.8. The molecule has 0 spiro atoms. The van der Waals surface area contributed by atoms with Crippen LogP contribution < -0.4 is 10.6 Å². The van der Waals surface area contributed by atoms with Crippen LogP contribution in [0, 0.1) is 5.82 Å². The highest BCUT2D eigenvalue weighted by Crippen LogP contribution is 2.18. The summed E-state index contributed by atoms with van der Waals surface area (Å²) in [6, 6.07) is 13.6. The number of carbonyl (C=O) groups is 2. The molecule has 0 aliphatic rings. The minimum atomic E-state index is -0.474. The van der Waals surface area contributed by atoms with Crippen LogP contribution in [0.2, 0.25) is 0 Å². The van der Waals surface area contributed by atoms with Gasteiger partial charge >= 0.3 is 0 Å². The molecule has 0 bridgehead atoms. The van der Waals surface area contributed by atoms with Gasteiger partial charge in [-0.2, -0.15) is 0 Å². The maximum Gasteiger partial charge on any atom is 0.244 e. The van der Waals surface area contributed by atoms with Crippen molar-refractivity contribution in [2.75, 3.05) is 11.9 Å². The SMILES string of the molecule is CCC(=O)NCCCc1nc2ccccc2n1CC(=O)Nc1ccccc1F. The number of nitrogens with one attached hydrogen (secondary N) is 2. The second kappa shape index (κ2) is 9.12. The molecule has 2 aromatic carbocycles. The third-order valence-corrected chi connectivity index (χ3v) is 4.40. The number of aryl methyl sites for hydroxylation is 1. The van der Waals surface area contributed by atoms with Crippen LogP contribution in [-0.4, -0.2) is 27.9 Å². The predicted octanol–water partition coefficient (Wildman–Crippen LogP) is 3.27. The Kier molecular flexibility index (Phi) is 6.37. The molecule has 7 heteroatoms. The van der Waals surface area contributed by atoms with Gasteiger partial charge < -0.3 is 15.2 Å². The average Bonchev–Trinajstić information content (AvgIpc) is 3.04. The number of hydrogen-bond donors (Lipinski definition) is 2. The van der Waals surface area contributed by atoms with Crippen LogP contribution in [0.15, 0.2) is 48.5 Å². The minimum absolute atomic E-state index is 0.0118. The topological polar surface area (TPSA) is 76.0 Å². The number of fused-ring (bicyclic) bond motifs is 1. The van der Waals surface area contributed by atoms with Gasteiger partial charge in [0.25, 0.3) is 0 Å². The van der Waals surface area contributed by atoms with E-state index in [9.17, 15) is 14.0 Å². The molecule has 0 unspecified atom stereocenters. The number of anilines is 1. The summed E-state index contributed by atoms with van der Waals surface area (Å²) in [6.07, 6.45) is 1.78. The number of para-hydroxylation sites is 3. The number of halogens is 1. The smallest absolute Gasteiger partial charge is 0.244 e. The molecule has 3 rings (SSSR count). The van der Waals surface area contributed by atoms with E-state index >= 15 is 0 Å². The van der Waals surface area contributed by atoms with E-state index in [4.69, 9.17) is 0 Å². The Morgan fingerprint density at radius 1 is 1.07 bits per heavy atom. The maximum atomic E-state index is 13.8. The largest absolute Gasteiger partial charge is 0.356 e. The van der Waals surface area contributed by atoms with Crippen molar-refractivity contribution < 1.29 is 14.0 Å². The summed E-state index contributed by atoms with van der Waals surface area (Å²) in [7, 11) is 0. The van der Waals surface area contributed by atoms with Gasteiger partial charge in [0.15, 0.2) is 0 Å². The van der Waals surface area contributed by atoms with Gasteiger partial charge in [-0.1, -0.05) is 31.2 Å². The van der Waals surface area contributed by atoms with Crippen LogP contribution in [0.1, 0.15) is 25.6 Å². The first-order chi connectivity index (χ1) is 13.6. The van der Waals surface area contributed by atoms with Gasteiger partial charge in [0.05, 0.1) is 16.7 Å². The molecule has 0 aliphatic heterocycles. The fourth-order valence-corrected chi connectivity index (χ4v) is 2.99. The van der Waals surface area contributed by atoms with Gasteiger partial charge in [-0.15, -0.1) is 0 Å². The summed E-state index contributed by atoms with van der Waals surface area (Å²) < 4.78 is 15.6.